The fourth-order valence-corrected chi connectivity index (χ4v) is 3.15. The monoisotopic (exact) mass is 345 g/mol. The lowest BCUT2D eigenvalue weighted by Gasteiger charge is -2.16. The Morgan fingerprint density at radius 2 is 2.00 bits per heavy atom. The lowest BCUT2D eigenvalue weighted by atomic mass is 9.95. The van der Waals surface area contributed by atoms with Gasteiger partial charge in [0.25, 0.3) is 5.91 Å². The standard InChI is InChI=1S/C20H28N2O3/c1-6-7-21-19(23)12-22(5)11-15-9-20(24)25-18-8-14(4)16(13(2)3)10-17(15)18/h8-10,13H,6-7,11-12H2,1-5H3,(H,21,23)/p+1. The van der Waals surface area contributed by atoms with Crippen molar-refractivity contribution in [2.24, 2.45) is 0 Å². The van der Waals surface area contributed by atoms with Crippen molar-refractivity contribution in [3.8, 4) is 0 Å². The summed E-state index contributed by atoms with van der Waals surface area (Å²) < 4.78 is 5.39. The zero-order chi connectivity index (χ0) is 18.6. The van der Waals surface area contributed by atoms with Crippen molar-refractivity contribution >= 4 is 16.9 Å². The van der Waals surface area contributed by atoms with Crippen LogP contribution in [0.2, 0.25) is 0 Å². The van der Waals surface area contributed by atoms with Gasteiger partial charge in [0, 0.05) is 23.6 Å². The van der Waals surface area contributed by atoms with Crippen LogP contribution < -0.4 is 15.8 Å². The van der Waals surface area contributed by atoms with E-state index < -0.39 is 0 Å². The Kier molecular flexibility index (Phi) is 6.37. The average molecular weight is 345 g/mol. The number of hydrogen-bond donors (Lipinski definition) is 2. The van der Waals surface area contributed by atoms with Crippen LogP contribution in [0, 0.1) is 6.92 Å². The zero-order valence-corrected chi connectivity index (χ0v) is 15.9. The van der Waals surface area contributed by atoms with Crippen LogP contribution in [0.3, 0.4) is 0 Å². The maximum absolute atomic E-state index is 11.9. The van der Waals surface area contributed by atoms with Crippen LogP contribution in [0.25, 0.3) is 11.0 Å². The summed E-state index contributed by atoms with van der Waals surface area (Å²) in [5, 5.41) is 3.85. The number of nitrogens with one attached hydrogen (secondary N) is 2. The van der Waals surface area contributed by atoms with E-state index in [0.717, 1.165) is 27.8 Å². The molecule has 0 aliphatic heterocycles. The Balaban J connectivity index is 2.31. The largest absolute Gasteiger partial charge is 0.423 e. The molecule has 0 aliphatic rings. The number of rotatable bonds is 7. The molecule has 0 fully saturated rings. The maximum Gasteiger partial charge on any atom is 0.336 e. The summed E-state index contributed by atoms with van der Waals surface area (Å²) in [5.74, 6) is 0.430. The van der Waals surface area contributed by atoms with Gasteiger partial charge in [0.05, 0.1) is 7.05 Å². The zero-order valence-electron chi connectivity index (χ0n) is 15.9. The van der Waals surface area contributed by atoms with Gasteiger partial charge in [-0.2, -0.15) is 0 Å². The molecule has 1 unspecified atom stereocenters. The van der Waals surface area contributed by atoms with Gasteiger partial charge in [0.2, 0.25) is 0 Å². The summed E-state index contributed by atoms with van der Waals surface area (Å²) in [6, 6.07) is 5.62. The Labute approximate surface area is 149 Å². The molecule has 25 heavy (non-hydrogen) atoms. The van der Waals surface area contributed by atoms with Crippen LogP contribution >= 0.6 is 0 Å². The normalized spacial score (nSPS) is 12.6. The third kappa shape index (κ3) is 4.92. The molecule has 1 heterocycles. The first-order valence-corrected chi connectivity index (χ1v) is 8.97. The predicted octanol–water partition coefficient (Wildman–Crippen LogP) is 1.77. The van der Waals surface area contributed by atoms with E-state index >= 15 is 0 Å². The molecule has 5 nitrogen and oxygen atoms in total. The van der Waals surface area contributed by atoms with Crippen LogP contribution in [0.1, 0.15) is 49.8 Å². The Hall–Kier alpha value is -2.14. The van der Waals surface area contributed by atoms with E-state index in [9.17, 15) is 9.59 Å². The number of carbonyl (C=O) groups is 1. The first-order chi connectivity index (χ1) is 11.8. The molecule has 1 aromatic carbocycles. The minimum absolute atomic E-state index is 0.0327. The van der Waals surface area contributed by atoms with Crippen LogP contribution in [-0.2, 0) is 11.3 Å². The number of aryl methyl sites for hydroxylation is 1. The van der Waals surface area contributed by atoms with Gasteiger partial charge < -0.3 is 14.6 Å². The molecular formula is C20H29N2O3+. The molecule has 5 heteroatoms. The molecule has 0 saturated heterocycles. The van der Waals surface area contributed by atoms with Gasteiger partial charge in [-0.1, -0.05) is 20.8 Å². The summed E-state index contributed by atoms with van der Waals surface area (Å²) in [6.07, 6.45) is 0.923. The lowest BCUT2D eigenvalue weighted by Crippen LogP contribution is -3.08. The van der Waals surface area contributed by atoms with E-state index in [4.69, 9.17) is 4.42 Å². The van der Waals surface area contributed by atoms with E-state index in [-0.39, 0.29) is 11.5 Å². The van der Waals surface area contributed by atoms with E-state index in [2.05, 4.69) is 25.2 Å². The van der Waals surface area contributed by atoms with Crippen LogP contribution in [-0.4, -0.2) is 26.0 Å². The molecule has 0 spiro atoms. The van der Waals surface area contributed by atoms with Gasteiger partial charge in [0.15, 0.2) is 6.54 Å². The van der Waals surface area contributed by atoms with Gasteiger partial charge in [-0.05, 0) is 42.5 Å². The second-order valence-corrected chi connectivity index (χ2v) is 7.11. The molecule has 0 aliphatic carbocycles. The molecule has 2 aromatic rings. The van der Waals surface area contributed by atoms with Crippen LogP contribution in [0.5, 0.6) is 0 Å². The fraction of sp³-hybridized carbons (Fsp3) is 0.500. The second kappa shape index (κ2) is 8.30. The smallest absolute Gasteiger partial charge is 0.336 e. The van der Waals surface area contributed by atoms with Gasteiger partial charge in [0.1, 0.15) is 12.1 Å². The van der Waals surface area contributed by atoms with Gasteiger partial charge in [-0.3, -0.25) is 4.79 Å². The third-order valence-corrected chi connectivity index (χ3v) is 4.37. The molecule has 1 atom stereocenters. The van der Waals surface area contributed by atoms with E-state index in [0.29, 0.717) is 31.1 Å². The van der Waals surface area contributed by atoms with Crippen molar-refractivity contribution in [3.63, 3.8) is 0 Å². The van der Waals surface area contributed by atoms with Crippen LogP contribution in [0.4, 0.5) is 0 Å². The summed E-state index contributed by atoms with van der Waals surface area (Å²) in [7, 11) is 1.96. The highest BCUT2D eigenvalue weighted by Crippen LogP contribution is 2.26. The fourth-order valence-electron chi connectivity index (χ4n) is 3.15. The molecule has 2 rings (SSSR count). The van der Waals surface area contributed by atoms with Gasteiger partial charge in [-0.15, -0.1) is 0 Å². The van der Waals surface area contributed by atoms with E-state index in [1.807, 2.05) is 27.0 Å². The first-order valence-electron chi connectivity index (χ1n) is 8.97. The predicted molar refractivity (Wildman–Crippen MR) is 100 cm³/mol. The Morgan fingerprint density at radius 1 is 1.28 bits per heavy atom. The highest BCUT2D eigenvalue weighted by molar-refractivity contribution is 5.82. The average Bonchev–Trinajstić information content (AvgIpc) is 2.51. The Bertz CT molecular complexity index is 808. The van der Waals surface area contributed by atoms with Gasteiger partial charge >= 0.3 is 5.63 Å². The molecule has 2 N–H and O–H groups in total. The number of fused-ring (bicyclic) bond motifs is 1. The molecular weight excluding hydrogens is 316 g/mol. The molecule has 0 radical (unpaired) electrons. The SMILES string of the molecule is CCCNC(=O)C[NH+](C)Cc1cc(=O)oc2cc(C)c(C(C)C)cc12. The lowest BCUT2D eigenvalue weighted by molar-refractivity contribution is -0.885. The number of benzene rings is 1. The number of hydrogen-bond acceptors (Lipinski definition) is 3. The van der Waals surface area contributed by atoms with E-state index in [1.165, 1.54) is 5.56 Å². The minimum atomic E-state index is -0.345. The minimum Gasteiger partial charge on any atom is -0.423 e. The highest BCUT2D eigenvalue weighted by Gasteiger charge is 2.15. The molecule has 0 bridgehead atoms. The summed E-state index contributed by atoms with van der Waals surface area (Å²) >= 11 is 0. The highest BCUT2D eigenvalue weighted by atomic mass is 16.4. The number of amides is 1. The second-order valence-electron chi connectivity index (χ2n) is 7.11. The summed E-state index contributed by atoms with van der Waals surface area (Å²) in [6.45, 7) is 10.1. The van der Waals surface area contributed by atoms with Crippen molar-refractivity contribution in [2.75, 3.05) is 20.1 Å². The first kappa shape index (κ1) is 19.2. The van der Waals surface area contributed by atoms with Crippen molar-refractivity contribution in [2.45, 2.75) is 46.6 Å². The number of quaternary nitrogens is 1. The number of carbonyl (C=O) groups excluding carboxylic acids is 1. The van der Waals surface area contributed by atoms with Crippen molar-refractivity contribution in [1.82, 2.24) is 5.32 Å². The van der Waals surface area contributed by atoms with E-state index in [1.54, 1.807) is 6.07 Å². The molecule has 1 amide bonds. The van der Waals surface area contributed by atoms with Crippen molar-refractivity contribution in [1.29, 1.82) is 0 Å². The Morgan fingerprint density at radius 3 is 2.64 bits per heavy atom. The molecule has 0 saturated carbocycles. The summed E-state index contributed by atoms with van der Waals surface area (Å²) in [4.78, 5) is 24.9. The quantitative estimate of drug-likeness (QED) is 0.752. The van der Waals surface area contributed by atoms with Crippen LogP contribution in [0.15, 0.2) is 27.4 Å². The molecule has 136 valence electrons. The number of likely N-dealkylation sites (N-methyl/N-ethyl adjacent to an activating group) is 1. The summed E-state index contributed by atoms with van der Waals surface area (Å²) in [5.41, 5.74) is 3.58. The third-order valence-electron chi connectivity index (χ3n) is 4.37. The topological polar surface area (TPSA) is 63.8 Å². The van der Waals surface area contributed by atoms with Crippen molar-refractivity contribution in [3.05, 3.63) is 45.3 Å². The van der Waals surface area contributed by atoms with Gasteiger partial charge in [-0.25, -0.2) is 4.79 Å². The maximum atomic E-state index is 11.9. The van der Waals surface area contributed by atoms with Crippen molar-refractivity contribution < 1.29 is 14.1 Å². The molecule has 1 aromatic heterocycles.